The first kappa shape index (κ1) is 13.9. The largest absolute Gasteiger partial charge is 0.306 e. The maximum absolute atomic E-state index is 6.03. The molecular weight excluding hydrogens is 282 g/mol. The molecule has 96 valence electrons. The highest BCUT2D eigenvalue weighted by molar-refractivity contribution is 7.98. The third kappa shape index (κ3) is 3.29. The van der Waals surface area contributed by atoms with Crippen LogP contribution in [0.2, 0.25) is 4.34 Å². The minimum Gasteiger partial charge on any atom is -0.306 e. The number of benzene rings is 1. The Balaban J connectivity index is 2.28. The third-order valence-corrected chi connectivity index (χ3v) is 4.78. The summed E-state index contributed by atoms with van der Waals surface area (Å²) in [5.41, 5.74) is 1.29. The average Bonchev–Trinajstić information content (AvgIpc) is 2.82. The number of hydrogen-bond donors (Lipinski definition) is 1. The lowest BCUT2D eigenvalue weighted by Crippen LogP contribution is -2.20. The molecule has 1 nitrogen and oxygen atoms in total. The van der Waals surface area contributed by atoms with E-state index in [0.717, 1.165) is 10.9 Å². The second-order valence-corrected chi connectivity index (χ2v) is 6.53. The van der Waals surface area contributed by atoms with Gasteiger partial charge in [-0.1, -0.05) is 30.7 Å². The zero-order valence-corrected chi connectivity index (χ0v) is 12.8. The molecule has 1 aromatic carbocycles. The highest BCUT2D eigenvalue weighted by Crippen LogP contribution is 2.31. The molecule has 1 aromatic heterocycles. The number of thioether (sulfide) groups is 1. The van der Waals surface area contributed by atoms with Crippen LogP contribution >= 0.6 is 34.7 Å². The molecule has 0 amide bonds. The van der Waals surface area contributed by atoms with Gasteiger partial charge in [-0.3, -0.25) is 0 Å². The monoisotopic (exact) mass is 297 g/mol. The van der Waals surface area contributed by atoms with Crippen molar-refractivity contribution in [3.63, 3.8) is 0 Å². The molecule has 4 heteroatoms. The molecule has 1 atom stereocenters. The summed E-state index contributed by atoms with van der Waals surface area (Å²) in [5.74, 6) is 0. The highest BCUT2D eigenvalue weighted by atomic mass is 35.5. The van der Waals surface area contributed by atoms with Gasteiger partial charge in [0.1, 0.15) is 0 Å². The molecule has 0 fully saturated rings. The Morgan fingerprint density at radius 1 is 1.22 bits per heavy atom. The number of thiophene rings is 1. The van der Waals surface area contributed by atoms with Gasteiger partial charge in [0.2, 0.25) is 0 Å². The summed E-state index contributed by atoms with van der Waals surface area (Å²) < 4.78 is 0.841. The highest BCUT2D eigenvalue weighted by Gasteiger charge is 2.14. The van der Waals surface area contributed by atoms with Crippen LogP contribution in [0, 0.1) is 0 Å². The Morgan fingerprint density at radius 3 is 2.44 bits per heavy atom. The standard InChI is InChI=1S/C14H16ClNS2/c1-3-16-14(12-8-9-13(15)18-12)10-4-6-11(17-2)7-5-10/h4-9,14,16H,3H2,1-2H3. The van der Waals surface area contributed by atoms with Gasteiger partial charge in [-0.05, 0) is 42.6 Å². The van der Waals surface area contributed by atoms with Gasteiger partial charge in [-0.15, -0.1) is 23.1 Å². The lowest BCUT2D eigenvalue weighted by molar-refractivity contribution is 0.639. The van der Waals surface area contributed by atoms with Gasteiger partial charge in [0.05, 0.1) is 10.4 Å². The average molecular weight is 298 g/mol. The zero-order valence-electron chi connectivity index (χ0n) is 10.4. The molecule has 1 N–H and O–H groups in total. The summed E-state index contributed by atoms with van der Waals surface area (Å²) in [6.45, 7) is 3.06. The molecule has 0 aliphatic rings. The molecular formula is C14H16ClNS2. The fourth-order valence-corrected chi connectivity index (χ4v) is 3.44. The van der Waals surface area contributed by atoms with Gasteiger partial charge in [0.25, 0.3) is 0 Å². The maximum Gasteiger partial charge on any atom is 0.0931 e. The lowest BCUT2D eigenvalue weighted by atomic mass is 10.1. The molecule has 1 heterocycles. The lowest BCUT2D eigenvalue weighted by Gasteiger charge is -2.17. The third-order valence-electron chi connectivity index (χ3n) is 2.74. The fourth-order valence-electron chi connectivity index (χ4n) is 1.87. The van der Waals surface area contributed by atoms with Gasteiger partial charge >= 0.3 is 0 Å². The van der Waals surface area contributed by atoms with E-state index in [-0.39, 0.29) is 6.04 Å². The van der Waals surface area contributed by atoms with Crippen molar-refractivity contribution in [2.45, 2.75) is 17.9 Å². The van der Waals surface area contributed by atoms with Crippen LogP contribution in [-0.4, -0.2) is 12.8 Å². The summed E-state index contributed by atoms with van der Waals surface area (Å²) in [5, 5.41) is 3.51. The summed E-state index contributed by atoms with van der Waals surface area (Å²) in [7, 11) is 0. The van der Waals surface area contributed by atoms with Crippen LogP contribution in [0.25, 0.3) is 0 Å². The van der Waals surface area contributed by atoms with Crippen LogP contribution in [0.1, 0.15) is 23.4 Å². The quantitative estimate of drug-likeness (QED) is 0.794. The van der Waals surface area contributed by atoms with Crippen LogP contribution in [0.4, 0.5) is 0 Å². The predicted octanol–water partition coefficient (Wildman–Crippen LogP) is 4.82. The Kier molecular flexibility index (Phi) is 5.13. The summed E-state index contributed by atoms with van der Waals surface area (Å²) in [6.07, 6.45) is 2.09. The molecule has 0 radical (unpaired) electrons. The fraction of sp³-hybridized carbons (Fsp3) is 0.286. The molecule has 2 aromatic rings. The van der Waals surface area contributed by atoms with E-state index in [1.54, 1.807) is 23.1 Å². The van der Waals surface area contributed by atoms with Crippen molar-refractivity contribution in [1.82, 2.24) is 5.32 Å². The smallest absolute Gasteiger partial charge is 0.0931 e. The van der Waals surface area contributed by atoms with Crippen molar-refractivity contribution in [2.24, 2.45) is 0 Å². The van der Waals surface area contributed by atoms with E-state index < -0.39 is 0 Å². The van der Waals surface area contributed by atoms with Gasteiger partial charge in [-0.25, -0.2) is 0 Å². The minimum absolute atomic E-state index is 0.239. The van der Waals surface area contributed by atoms with Crippen LogP contribution in [-0.2, 0) is 0 Å². The van der Waals surface area contributed by atoms with Gasteiger partial charge in [0.15, 0.2) is 0 Å². The van der Waals surface area contributed by atoms with Crippen LogP contribution in [0.5, 0.6) is 0 Å². The second kappa shape index (κ2) is 6.62. The van der Waals surface area contributed by atoms with Gasteiger partial charge in [0, 0.05) is 9.77 Å². The summed E-state index contributed by atoms with van der Waals surface area (Å²) in [6, 6.07) is 13.0. The maximum atomic E-state index is 6.03. The van der Waals surface area contributed by atoms with Gasteiger partial charge in [-0.2, -0.15) is 0 Å². The topological polar surface area (TPSA) is 12.0 Å². The molecule has 2 rings (SSSR count). The van der Waals surface area contributed by atoms with Crippen LogP contribution < -0.4 is 5.32 Å². The predicted molar refractivity (Wildman–Crippen MR) is 83.1 cm³/mol. The van der Waals surface area contributed by atoms with E-state index in [1.807, 2.05) is 6.07 Å². The molecule has 0 spiro atoms. The first-order valence-corrected chi connectivity index (χ1v) is 8.29. The normalized spacial score (nSPS) is 12.6. The van der Waals surface area contributed by atoms with E-state index in [2.05, 4.69) is 48.8 Å². The summed E-state index contributed by atoms with van der Waals surface area (Å²) >= 11 is 9.43. The van der Waals surface area contributed by atoms with Crippen LogP contribution in [0.3, 0.4) is 0 Å². The zero-order chi connectivity index (χ0) is 13.0. The first-order chi connectivity index (χ1) is 8.74. The molecule has 1 unspecified atom stereocenters. The number of rotatable bonds is 5. The summed E-state index contributed by atoms with van der Waals surface area (Å²) in [4.78, 5) is 2.55. The Hall–Kier alpha value is -0.480. The molecule has 0 saturated carbocycles. The van der Waals surface area contributed by atoms with E-state index >= 15 is 0 Å². The van der Waals surface area contributed by atoms with Gasteiger partial charge < -0.3 is 5.32 Å². The van der Waals surface area contributed by atoms with Crippen molar-refractivity contribution in [3.05, 3.63) is 51.2 Å². The van der Waals surface area contributed by atoms with Crippen LogP contribution in [0.15, 0.2) is 41.3 Å². The number of nitrogens with one attached hydrogen (secondary N) is 1. The van der Waals surface area contributed by atoms with Crippen molar-refractivity contribution in [2.75, 3.05) is 12.8 Å². The number of halogens is 1. The molecule has 0 saturated heterocycles. The van der Waals surface area contributed by atoms with Crippen molar-refractivity contribution in [3.8, 4) is 0 Å². The van der Waals surface area contributed by atoms with Crippen molar-refractivity contribution in [1.29, 1.82) is 0 Å². The molecule has 0 bridgehead atoms. The molecule has 0 aliphatic carbocycles. The van der Waals surface area contributed by atoms with Crippen molar-refractivity contribution < 1.29 is 0 Å². The van der Waals surface area contributed by atoms with Crippen molar-refractivity contribution >= 4 is 34.7 Å². The molecule has 0 aliphatic heterocycles. The Labute approximate surface area is 122 Å². The number of hydrogen-bond acceptors (Lipinski definition) is 3. The second-order valence-electron chi connectivity index (χ2n) is 3.91. The van der Waals surface area contributed by atoms with E-state index in [0.29, 0.717) is 0 Å². The first-order valence-electron chi connectivity index (χ1n) is 5.87. The Bertz CT molecular complexity index is 493. The molecule has 18 heavy (non-hydrogen) atoms. The van der Waals surface area contributed by atoms with E-state index in [4.69, 9.17) is 11.6 Å². The van der Waals surface area contributed by atoms with E-state index in [9.17, 15) is 0 Å². The minimum atomic E-state index is 0.239. The van der Waals surface area contributed by atoms with E-state index in [1.165, 1.54) is 15.3 Å². The SMILES string of the molecule is CCNC(c1ccc(SC)cc1)c1ccc(Cl)s1. The Morgan fingerprint density at radius 2 is 1.94 bits per heavy atom.